The van der Waals surface area contributed by atoms with Crippen LogP contribution in [0.3, 0.4) is 0 Å². The lowest BCUT2D eigenvalue weighted by molar-refractivity contribution is 0.102. The minimum Gasteiger partial charge on any atom is -0.492 e. The zero-order chi connectivity index (χ0) is 22.5. The quantitative estimate of drug-likeness (QED) is 0.407. The first-order chi connectivity index (χ1) is 16.3. The van der Waals surface area contributed by atoms with E-state index in [1.807, 2.05) is 54.6 Å². The molecule has 0 saturated carbocycles. The van der Waals surface area contributed by atoms with Gasteiger partial charge in [-0.2, -0.15) is 0 Å². The Morgan fingerprint density at radius 2 is 1.82 bits per heavy atom. The Labute approximate surface area is 193 Å². The van der Waals surface area contributed by atoms with E-state index in [4.69, 9.17) is 4.74 Å². The number of rotatable bonds is 7. The number of para-hydroxylation sites is 1. The summed E-state index contributed by atoms with van der Waals surface area (Å²) in [5.74, 6) is 0.631. The average molecular weight is 441 g/mol. The predicted octanol–water partition coefficient (Wildman–Crippen LogP) is 5.35. The first-order valence-corrected chi connectivity index (χ1v) is 11.6. The highest BCUT2D eigenvalue weighted by molar-refractivity contribution is 6.06. The van der Waals surface area contributed by atoms with E-state index in [2.05, 4.69) is 20.2 Å². The van der Waals surface area contributed by atoms with Gasteiger partial charge in [-0.25, -0.2) is 4.98 Å². The summed E-state index contributed by atoms with van der Waals surface area (Å²) >= 11 is 0. The van der Waals surface area contributed by atoms with Crippen LogP contribution < -0.4 is 10.1 Å². The number of anilines is 1. The van der Waals surface area contributed by atoms with E-state index in [-0.39, 0.29) is 5.91 Å². The van der Waals surface area contributed by atoms with Crippen LogP contribution in [0.4, 0.5) is 5.69 Å². The molecule has 168 valence electrons. The highest BCUT2D eigenvalue weighted by atomic mass is 16.5. The molecule has 2 aromatic heterocycles. The minimum absolute atomic E-state index is 0.156. The molecule has 3 heterocycles. The number of carbonyl (C=O) groups is 1. The molecule has 0 spiro atoms. The molecule has 2 aromatic carbocycles. The molecule has 5 rings (SSSR count). The Morgan fingerprint density at radius 1 is 1.00 bits per heavy atom. The molecule has 1 aliphatic heterocycles. The fourth-order valence-electron chi connectivity index (χ4n) is 4.30. The number of nitrogens with one attached hydrogen (secondary N) is 2. The highest BCUT2D eigenvalue weighted by Crippen LogP contribution is 2.30. The molecular formula is C27H28N4O2. The van der Waals surface area contributed by atoms with E-state index in [1.54, 1.807) is 18.3 Å². The molecule has 0 unspecified atom stereocenters. The fourth-order valence-corrected chi connectivity index (χ4v) is 4.30. The third-order valence-electron chi connectivity index (χ3n) is 6.10. The third kappa shape index (κ3) is 5.07. The number of benzene rings is 2. The van der Waals surface area contributed by atoms with Crippen LogP contribution in [0.15, 0.2) is 72.9 Å². The number of fused-ring (bicyclic) bond motifs is 1. The van der Waals surface area contributed by atoms with Crippen molar-refractivity contribution in [3.63, 3.8) is 0 Å². The number of carbonyl (C=O) groups excluding carboxylic acids is 1. The monoisotopic (exact) mass is 440 g/mol. The van der Waals surface area contributed by atoms with Crippen LogP contribution >= 0.6 is 0 Å². The smallest absolute Gasteiger partial charge is 0.255 e. The number of aromatic nitrogens is 2. The van der Waals surface area contributed by atoms with E-state index in [9.17, 15) is 4.79 Å². The third-order valence-corrected chi connectivity index (χ3v) is 6.10. The lowest BCUT2D eigenvalue weighted by Gasteiger charge is -2.26. The average Bonchev–Trinajstić information content (AvgIpc) is 3.30. The molecule has 2 N–H and O–H groups in total. The van der Waals surface area contributed by atoms with Crippen molar-refractivity contribution in [3.05, 3.63) is 78.5 Å². The van der Waals surface area contributed by atoms with Crippen molar-refractivity contribution >= 4 is 22.6 Å². The second kappa shape index (κ2) is 9.88. The van der Waals surface area contributed by atoms with Gasteiger partial charge in [0, 0.05) is 34.9 Å². The molecular weight excluding hydrogens is 412 g/mol. The summed E-state index contributed by atoms with van der Waals surface area (Å²) in [4.78, 5) is 23.1. The van der Waals surface area contributed by atoms with Gasteiger partial charge in [0.15, 0.2) is 0 Å². The van der Waals surface area contributed by atoms with Crippen LogP contribution in [-0.2, 0) is 0 Å². The lowest BCUT2D eigenvalue weighted by atomic mass is 10.1. The second-order valence-corrected chi connectivity index (χ2v) is 8.40. The molecule has 0 bridgehead atoms. The maximum atomic E-state index is 12.9. The number of likely N-dealkylation sites (tertiary alicyclic amines) is 1. The summed E-state index contributed by atoms with van der Waals surface area (Å²) in [6.07, 6.45) is 5.66. The lowest BCUT2D eigenvalue weighted by Crippen LogP contribution is -2.33. The number of amides is 1. The van der Waals surface area contributed by atoms with Gasteiger partial charge in [0.25, 0.3) is 5.91 Å². The van der Waals surface area contributed by atoms with Crippen LogP contribution in [0.5, 0.6) is 5.75 Å². The zero-order valence-electron chi connectivity index (χ0n) is 18.6. The Balaban J connectivity index is 1.23. The number of nitrogens with zero attached hydrogens (tertiary/aromatic N) is 2. The predicted molar refractivity (Wildman–Crippen MR) is 132 cm³/mol. The van der Waals surface area contributed by atoms with Crippen LogP contribution in [-0.4, -0.2) is 47.0 Å². The van der Waals surface area contributed by atoms with Gasteiger partial charge in [-0.15, -0.1) is 0 Å². The van der Waals surface area contributed by atoms with E-state index in [0.29, 0.717) is 12.2 Å². The van der Waals surface area contributed by atoms with Crippen molar-refractivity contribution < 1.29 is 9.53 Å². The summed E-state index contributed by atoms with van der Waals surface area (Å²) < 4.78 is 5.88. The molecule has 6 nitrogen and oxygen atoms in total. The van der Waals surface area contributed by atoms with E-state index in [0.717, 1.165) is 40.3 Å². The maximum Gasteiger partial charge on any atom is 0.255 e. The highest BCUT2D eigenvalue weighted by Gasteiger charge is 2.13. The normalized spacial score (nSPS) is 14.3. The number of aromatic amines is 1. The molecule has 0 atom stereocenters. The van der Waals surface area contributed by atoms with Crippen molar-refractivity contribution in [3.8, 4) is 17.0 Å². The van der Waals surface area contributed by atoms with Gasteiger partial charge in [0.1, 0.15) is 18.0 Å². The van der Waals surface area contributed by atoms with Crippen molar-refractivity contribution in [2.75, 3.05) is 31.6 Å². The van der Waals surface area contributed by atoms with Crippen molar-refractivity contribution in [2.45, 2.75) is 19.3 Å². The number of H-pyrrole nitrogens is 1. The number of ether oxygens (including phenoxy) is 1. The molecule has 1 fully saturated rings. The van der Waals surface area contributed by atoms with Gasteiger partial charge in [-0.05, 0) is 74.5 Å². The number of pyridine rings is 1. The summed E-state index contributed by atoms with van der Waals surface area (Å²) in [5.41, 5.74) is 3.99. The maximum absolute atomic E-state index is 12.9. The van der Waals surface area contributed by atoms with Crippen LogP contribution in [0, 0.1) is 0 Å². The second-order valence-electron chi connectivity index (χ2n) is 8.40. The molecule has 33 heavy (non-hydrogen) atoms. The molecule has 4 aromatic rings. The SMILES string of the molecule is O=C(Nc1ccccc1-c1cc2cccnc2[nH]1)c1ccc(OCCN2CCCCC2)cc1. The Kier molecular flexibility index (Phi) is 6.35. The Hall–Kier alpha value is -3.64. The van der Waals surface area contributed by atoms with Crippen molar-refractivity contribution in [2.24, 2.45) is 0 Å². The first-order valence-electron chi connectivity index (χ1n) is 11.6. The van der Waals surface area contributed by atoms with Crippen LogP contribution in [0.2, 0.25) is 0 Å². The molecule has 0 aliphatic carbocycles. The molecule has 0 radical (unpaired) electrons. The zero-order valence-corrected chi connectivity index (χ0v) is 18.6. The molecule has 1 amide bonds. The summed E-state index contributed by atoms with van der Waals surface area (Å²) in [6.45, 7) is 3.94. The van der Waals surface area contributed by atoms with Gasteiger partial charge in [-0.1, -0.05) is 24.6 Å². The summed E-state index contributed by atoms with van der Waals surface area (Å²) in [5, 5.41) is 4.08. The van der Waals surface area contributed by atoms with Crippen LogP contribution in [0.1, 0.15) is 29.6 Å². The standard InChI is InChI=1S/C27H28N4O2/c32-27(20-10-12-22(13-11-20)33-18-17-31-15-4-1-5-16-31)30-24-9-3-2-8-23(24)25-19-21-7-6-14-28-26(21)29-25/h2-3,6-14,19H,1,4-5,15-18H2,(H,28,29)(H,30,32). The summed E-state index contributed by atoms with van der Waals surface area (Å²) in [7, 11) is 0. The van der Waals surface area contributed by atoms with E-state index < -0.39 is 0 Å². The van der Waals surface area contributed by atoms with Crippen molar-refractivity contribution in [1.29, 1.82) is 0 Å². The van der Waals surface area contributed by atoms with Gasteiger partial charge >= 0.3 is 0 Å². The van der Waals surface area contributed by atoms with E-state index in [1.165, 1.54) is 32.4 Å². The molecule has 1 saturated heterocycles. The first kappa shape index (κ1) is 21.2. The Morgan fingerprint density at radius 3 is 2.64 bits per heavy atom. The van der Waals surface area contributed by atoms with Gasteiger partial charge < -0.3 is 15.0 Å². The molecule has 1 aliphatic rings. The van der Waals surface area contributed by atoms with Crippen molar-refractivity contribution in [1.82, 2.24) is 14.9 Å². The van der Waals surface area contributed by atoms with Gasteiger partial charge in [0.2, 0.25) is 0 Å². The largest absolute Gasteiger partial charge is 0.492 e. The topological polar surface area (TPSA) is 70.2 Å². The van der Waals surface area contributed by atoms with E-state index >= 15 is 0 Å². The molecule has 6 heteroatoms. The number of hydrogen-bond acceptors (Lipinski definition) is 4. The Bertz CT molecular complexity index is 1190. The minimum atomic E-state index is -0.156. The number of piperidine rings is 1. The number of hydrogen-bond donors (Lipinski definition) is 2. The fraction of sp³-hybridized carbons (Fsp3) is 0.259. The van der Waals surface area contributed by atoms with Crippen LogP contribution in [0.25, 0.3) is 22.3 Å². The van der Waals surface area contributed by atoms with Gasteiger partial charge in [0.05, 0.1) is 5.69 Å². The summed E-state index contributed by atoms with van der Waals surface area (Å²) in [6, 6.07) is 21.1. The van der Waals surface area contributed by atoms with Gasteiger partial charge in [-0.3, -0.25) is 9.69 Å².